The van der Waals surface area contributed by atoms with Crippen molar-refractivity contribution in [2.75, 3.05) is 6.54 Å². The third-order valence-electron chi connectivity index (χ3n) is 2.76. The summed E-state index contributed by atoms with van der Waals surface area (Å²) in [4.78, 5) is 0. The van der Waals surface area contributed by atoms with Crippen molar-refractivity contribution < 1.29 is 0 Å². The molecule has 15 heavy (non-hydrogen) atoms. The van der Waals surface area contributed by atoms with Gasteiger partial charge >= 0.3 is 0 Å². The van der Waals surface area contributed by atoms with Crippen LogP contribution in [-0.2, 0) is 0 Å². The highest BCUT2D eigenvalue weighted by molar-refractivity contribution is 9.11. The van der Waals surface area contributed by atoms with Crippen molar-refractivity contribution >= 4 is 31.9 Å². The Hall–Kier alpha value is 0.140. The van der Waals surface area contributed by atoms with Crippen LogP contribution in [0.15, 0.2) is 27.1 Å². The minimum absolute atomic E-state index is 0.531. The molecule has 1 unspecified atom stereocenters. The Morgan fingerprint density at radius 2 is 1.87 bits per heavy atom. The molecule has 0 bridgehead atoms. The fourth-order valence-electron chi connectivity index (χ4n) is 1.96. The van der Waals surface area contributed by atoms with Crippen molar-refractivity contribution in [2.45, 2.75) is 25.8 Å². The van der Waals surface area contributed by atoms with E-state index in [0.717, 1.165) is 21.4 Å². The highest BCUT2D eigenvalue weighted by Crippen LogP contribution is 2.42. The maximum atomic E-state index is 3.57. The number of halogens is 2. The monoisotopic (exact) mass is 331 g/mol. The van der Waals surface area contributed by atoms with Crippen molar-refractivity contribution in [2.24, 2.45) is 5.92 Å². The Morgan fingerprint density at radius 1 is 1.27 bits per heavy atom. The maximum Gasteiger partial charge on any atom is 0.0349 e. The second-order valence-electron chi connectivity index (χ2n) is 4.08. The molecule has 1 saturated carbocycles. The molecule has 0 aliphatic heterocycles. The zero-order valence-electron chi connectivity index (χ0n) is 8.76. The Balaban J connectivity index is 2.24. The molecule has 2 rings (SSSR count). The number of hydrogen-bond acceptors (Lipinski definition) is 1. The quantitative estimate of drug-likeness (QED) is 0.868. The van der Waals surface area contributed by atoms with E-state index < -0.39 is 0 Å². The molecular formula is C12H15Br2N. The number of hydrogen-bond donors (Lipinski definition) is 1. The molecule has 82 valence electrons. The molecule has 1 nitrogen and oxygen atoms in total. The van der Waals surface area contributed by atoms with Gasteiger partial charge in [0, 0.05) is 15.0 Å². The SMILES string of the molecule is CCNC(c1cc(Br)cc(Br)c1)C1CC1. The lowest BCUT2D eigenvalue weighted by atomic mass is 10.0. The van der Waals surface area contributed by atoms with Crippen molar-refractivity contribution in [3.63, 3.8) is 0 Å². The van der Waals surface area contributed by atoms with Crippen LogP contribution in [0.5, 0.6) is 0 Å². The Bertz CT molecular complexity index is 327. The van der Waals surface area contributed by atoms with Crippen molar-refractivity contribution in [1.82, 2.24) is 5.32 Å². The van der Waals surface area contributed by atoms with Crippen LogP contribution in [-0.4, -0.2) is 6.54 Å². The second kappa shape index (κ2) is 4.98. The summed E-state index contributed by atoms with van der Waals surface area (Å²) in [6, 6.07) is 7.05. The minimum atomic E-state index is 0.531. The van der Waals surface area contributed by atoms with Gasteiger partial charge in [-0.3, -0.25) is 0 Å². The molecule has 1 aromatic carbocycles. The lowest BCUT2D eigenvalue weighted by Crippen LogP contribution is -2.22. The van der Waals surface area contributed by atoms with Gasteiger partial charge in [-0.1, -0.05) is 38.8 Å². The average molecular weight is 333 g/mol. The fraction of sp³-hybridized carbons (Fsp3) is 0.500. The van der Waals surface area contributed by atoms with Crippen molar-refractivity contribution in [3.05, 3.63) is 32.7 Å². The summed E-state index contributed by atoms with van der Waals surface area (Å²) < 4.78 is 2.30. The summed E-state index contributed by atoms with van der Waals surface area (Å²) in [6.45, 7) is 3.20. The average Bonchev–Trinajstić information content (AvgIpc) is 2.95. The minimum Gasteiger partial charge on any atom is -0.310 e. The molecule has 1 N–H and O–H groups in total. The predicted molar refractivity (Wildman–Crippen MR) is 71.0 cm³/mol. The highest BCUT2D eigenvalue weighted by atomic mass is 79.9. The molecule has 1 fully saturated rings. The van der Waals surface area contributed by atoms with Crippen LogP contribution in [0.3, 0.4) is 0 Å². The van der Waals surface area contributed by atoms with E-state index in [4.69, 9.17) is 0 Å². The Morgan fingerprint density at radius 3 is 2.33 bits per heavy atom. The van der Waals surface area contributed by atoms with Gasteiger partial charge < -0.3 is 5.32 Å². The zero-order chi connectivity index (χ0) is 10.8. The summed E-state index contributed by atoms with van der Waals surface area (Å²) in [5.41, 5.74) is 1.39. The summed E-state index contributed by atoms with van der Waals surface area (Å²) in [5.74, 6) is 0.839. The van der Waals surface area contributed by atoms with E-state index in [-0.39, 0.29) is 0 Å². The normalized spacial score (nSPS) is 17.8. The molecule has 1 atom stereocenters. The van der Waals surface area contributed by atoms with Gasteiger partial charge in [0.25, 0.3) is 0 Å². The molecule has 0 aromatic heterocycles. The lowest BCUT2D eigenvalue weighted by Gasteiger charge is -2.18. The first kappa shape index (κ1) is 11.6. The second-order valence-corrected chi connectivity index (χ2v) is 5.91. The van der Waals surface area contributed by atoms with Gasteiger partial charge in [0.05, 0.1) is 0 Å². The van der Waals surface area contributed by atoms with Gasteiger partial charge in [-0.05, 0) is 49.1 Å². The van der Waals surface area contributed by atoms with Gasteiger partial charge in [0.2, 0.25) is 0 Å². The largest absolute Gasteiger partial charge is 0.310 e. The molecule has 1 aliphatic carbocycles. The van der Waals surface area contributed by atoms with E-state index in [2.05, 4.69) is 62.3 Å². The van der Waals surface area contributed by atoms with Gasteiger partial charge in [0.1, 0.15) is 0 Å². The van der Waals surface area contributed by atoms with E-state index in [9.17, 15) is 0 Å². The molecule has 0 heterocycles. The van der Waals surface area contributed by atoms with Gasteiger partial charge in [-0.2, -0.15) is 0 Å². The zero-order valence-corrected chi connectivity index (χ0v) is 11.9. The summed E-state index contributed by atoms with van der Waals surface area (Å²) in [5, 5.41) is 3.57. The molecule has 1 aliphatic rings. The predicted octanol–water partition coefficient (Wildman–Crippen LogP) is 4.27. The number of rotatable bonds is 4. The number of benzene rings is 1. The molecule has 0 radical (unpaired) electrons. The molecule has 1 aromatic rings. The van der Waals surface area contributed by atoms with Crippen LogP contribution < -0.4 is 5.32 Å². The van der Waals surface area contributed by atoms with Crippen LogP contribution in [0.25, 0.3) is 0 Å². The smallest absolute Gasteiger partial charge is 0.0349 e. The molecule has 0 saturated heterocycles. The molecule has 0 amide bonds. The third-order valence-corrected chi connectivity index (χ3v) is 3.68. The van der Waals surface area contributed by atoms with Crippen LogP contribution in [0.2, 0.25) is 0 Å². The number of nitrogens with one attached hydrogen (secondary N) is 1. The first-order chi connectivity index (χ1) is 7.20. The van der Waals surface area contributed by atoms with Crippen LogP contribution in [0, 0.1) is 5.92 Å². The van der Waals surface area contributed by atoms with E-state index in [1.807, 2.05) is 0 Å². The van der Waals surface area contributed by atoms with E-state index in [0.29, 0.717) is 6.04 Å². The lowest BCUT2D eigenvalue weighted by molar-refractivity contribution is 0.496. The Kier molecular flexibility index (Phi) is 3.86. The van der Waals surface area contributed by atoms with Crippen LogP contribution >= 0.6 is 31.9 Å². The highest BCUT2D eigenvalue weighted by Gasteiger charge is 2.31. The van der Waals surface area contributed by atoms with Crippen molar-refractivity contribution in [3.8, 4) is 0 Å². The van der Waals surface area contributed by atoms with Crippen molar-refractivity contribution in [1.29, 1.82) is 0 Å². The summed E-state index contributed by atoms with van der Waals surface area (Å²) in [6.07, 6.45) is 2.73. The van der Waals surface area contributed by atoms with E-state index in [1.54, 1.807) is 0 Å². The first-order valence-corrected chi connectivity index (χ1v) is 6.98. The molecule has 0 spiro atoms. The van der Waals surface area contributed by atoms with Crippen LogP contribution in [0.1, 0.15) is 31.4 Å². The van der Waals surface area contributed by atoms with Crippen LogP contribution in [0.4, 0.5) is 0 Å². The summed E-state index contributed by atoms with van der Waals surface area (Å²) >= 11 is 7.09. The maximum absolute atomic E-state index is 3.57. The van der Waals surface area contributed by atoms with Gasteiger partial charge in [-0.25, -0.2) is 0 Å². The fourth-order valence-corrected chi connectivity index (χ4v) is 3.29. The molecule has 3 heteroatoms. The first-order valence-electron chi connectivity index (χ1n) is 5.40. The topological polar surface area (TPSA) is 12.0 Å². The van der Waals surface area contributed by atoms with E-state index >= 15 is 0 Å². The van der Waals surface area contributed by atoms with Gasteiger partial charge in [0.15, 0.2) is 0 Å². The van der Waals surface area contributed by atoms with E-state index in [1.165, 1.54) is 18.4 Å². The summed E-state index contributed by atoms with van der Waals surface area (Å²) in [7, 11) is 0. The molecular weight excluding hydrogens is 318 g/mol. The Labute approximate surface area is 108 Å². The third kappa shape index (κ3) is 3.05. The standard InChI is InChI=1S/C12H15Br2N/c1-2-15-12(8-3-4-8)9-5-10(13)7-11(14)6-9/h5-8,12,15H,2-4H2,1H3. The van der Waals surface area contributed by atoms with Gasteiger partial charge in [-0.15, -0.1) is 0 Å².